The molecule has 1 aliphatic rings. The van der Waals surface area contributed by atoms with Crippen LogP contribution in [0.1, 0.15) is 22.3 Å². The molecule has 39 heavy (non-hydrogen) atoms. The van der Waals surface area contributed by atoms with Crippen molar-refractivity contribution in [1.29, 1.82) is 0 Å². The Morgan fingerprint density at radius 2 is 1.23 bits per heavy atom. The van der Waals surface area contributed by atoms with Crippen molar-refractivity contribution in [2.24, 2.45) is 0 Å². The Hall–Kier alpha value is -3.42. The second kappa shape index (κ2) is 11.8. The van der Waals surface area contributed by atoms with Crippen LogP contribution in [-0.4, -0.2) is 0 Å². The number of fused-ring (bicyclic) bond motifs is 1. The van der Waals surface area contributed by atoms with E-state index in [0.29, 0.717) is 19.6 Å². The van der Waals surface area contributed by atoms with Gasteiger partial charge >= 0.3 is 0 Å². The average Bonchev–Trinajstić information content (AvgIpc) is 3.35. The number of ether oxygens (including phenoxy) is 3. The van der Waals surface area contributed by atoms with Gasteiger partial charge in [-0.25, -0.2) is 0 Å². The lowest BCUT2D eigenvalue weighted by atomic mass is 10.00. The molecule has 5 aromatic carbocycles. The molecule has 3 nitrogen and oxygen atoms in total. The molecule has 5 heteroatoms. The molecule has 0 aliphatic carbocycles. The van der Waals surface area contributed by atoms with Crippen molar-refractivity contribution < 1.29 is 14.2 Å². The first-order valence-electron chi connectivity index (χ1n) is 12.9. The molecule has 0 saturated carbocycles. The lowest BCUT2D eigenvalue weighted by Gasteiger charge is -2.29. The third-order valence-electron chi connectivity index (χ3n) is 6.58. The van der Waals surface area contributed by atoms with Crippen molar-refractivity contribution in [3.8, 4) is 17.2 Å². The smallest absolute Gasteiger partial charge is 0.188 e. The highest BCUT2D eigenvalue weighted by Gasteiger charge is 2.42. The first-order valence-corrected chi connectivity index (χ1v) is 14.8. The molecule has 0 radical (unpaired) electrons. The van der Waals surface area contributed by atoms with Gasteiger partial charge in [0, 0.05) is 15.6 Å². The molecule has 1 unspecified atom stereocenters. The van der Waals surface area contributed by atoms with E-state index in [0.717, 1.165) is 44.4 Å². The van der Waals surface area contributed by atoms with E-state index in [4.69, 9.17) is 14.2 Å². The predicted octanol–water partition coefficient (Wildman–Crippen LogP) is 9.03. The van der Waals surface area contributed by atoms with Crippen LogP contribution in [0.4, 0.5) is 0 Å². The van der Waals surface area contributed by atoms with Gasteiger partial charge in [-0.15, -0.1) is 0 Å². The van der Waals surface area contributed by atoms with Crippen molar-refractivity contribution in [3.05, 3.63) is 153 Å². The average molecular weight is 643 g/mol. The molecule has 194 valence electrons. The Kier molecular flexibility index (Phi) is 7.79. The zero-order valence-corrected chi connectivity index (χ0v) is 24.2. The van der Waals surface area contributed by atoms with Crippen LogP contribution in [0, 0.1) is 3.57 Å². The Labute approximate surface area is 247 Å². The third-order valence-corrected chi connectivity index (χ3v) is 8.63. The molecule has 0 amide bonds. The number of thioether (sulfide) groups is 1. The maximum absolute atomic E-state index is 6.78. The highest BCUT2D eigenvalue weighted by molar-refractivity contribution is 14.1. The van der Waals surface area contributed by atoms with Gasteiger partial charge in [-0.05, 0) is 81.7 Å². The van der Waals surface area contributed by atoms with Crippen molar-refractivity contribution in [1.82, 2.24) is 0 Å². The van der Waals surface area contributed by atoms with E-state index < -0.39 is 4.93 Å². The summed E-state index contributed by atoms with van der Waals surface area (Å²) in [5, 5.41) is 0. The van der Waals surface area contributed by atoms with Crippen LogP contribution in [-0.2, 0) is 24.6 Å². The summed E-state index contributed by atoms with van der Waals surface area (Å²) in [6, 6.07) is 43.5. The van der Waals surface area contributed by atoms with Gasteiger partial charge in [0.05, 0.1) is 4.90 Å². The summed E-state index contributed by atoms with van der Waals surface area (Å²) in [4.78, 5) is 0.485. The lowest BCUT2D eigenvalue weighted by molar-refractivity contribution is 0.174. The SMILES string of the molecule is Ic1ccc(C2(Cc3cccc(OCc4ccccc4)c3)Oc3ccc(OCc4ccccc4)cc3S2)cc1. The van der Waals surface area contributed by atoms with E-state index in [9.17, 15) is 0 Å². The Morgan fingerprint density at radius 3 is 1.90 bits per heavy atom. The molecule has 0 saturated heterocycles. The summed E-state index contributed by atoms with van der Waals surface area (Å²) >= 11 is 4.09. The molecule has 0 fully saturated rings. The van der Waals surface area contributed by atoms with Crippen molar-refractivity contribution in [3.63, 3.8) is 0 Å². The highest BCUT2D eigenvalue weighted by Crippen LogP contribution is 2.55. The third kappa shape index (κ3) is 6.26. The van der Waals surface area contributed by atoms with Gasteiger partial charge < -0.3 is 14.2 Å². The number of benzene rings is 5. The van der Waals surface area contributed by atoms with Crippen LogP contribution in [0.5, 0.6) is 17.2 Å². The molecule has 1 heterocycles. The minimum absolute atomic E-state index is 0.531. The lowest BCUT2D eigenvalue weighted by Crippen LogP contribution is -2.29. The largest absolute Gasteiger partial charge is 0.489 e. The summed E-state index contributed by atoms with van der Waals surface area (Å²) in [5.74, 6) is 2.57. The standard InChI is InChI=1S/C34H27IO3S/c35-29-16-14-28(15-17-29)34(22-27-12-7-13-30(20-27)36-23-25-8-3-1-4-9-25)38-32-19-18-31(21-33(32)39-34)37-24-26-10-5-2-6-11-26/h1-21H,22-24H2. The van der Waals surface area contributed by atoms with Crippen LogP contribution < -0.4 is 14.2 Å². The second-order valence-corrected chi connectivity index (χ2v) is 12.0. The molecule has 0 N–H and O–H groups in total. The van der Waals surface area contributed by atoms with Gasteiger partial charge in [0.25, 0.3) is 0 Å². The van der Waals surface area contributed by atoms with Crippen molar-refractivity contribution >= 4 is 34.4 Å². The molecule has 0 spiro atoms. The van der Waals surface area contributed by atoms with Gasteiger partial charge in [0.2, 0.25) is 0 Å². The van der Waals surface area contributed by atoms with Crippen LogP contribution in [0.15, 0.2) is 132 Å². The highest BCUT2D eigenvalue weighted by atomic mass is 127. The number of halogens is 1. The molecule has 0 aromatic heterocycles. The van der Waals surface area contributed by atoms with E-state index in [2.05, 4.69) is 95.4 Å². The van der Waals surface area contributed by atoms with Gasteiger partial charge in [-0.3, -0.25) is 0 Å². The van der Waals surface area contributed by atoms with Crippen LogP contribution in [0.25, 0.3) is 0 Å². The molecule has 6 rings (SSSR count). The quantitative estimate of drug-likeness (QED) is 0.150. The molecule has 1 aliphatic heterocycles. The number of hydrogen-bond acceptors (Lipinski definition) is 4. The Morgan fingerprint density at radius 1 is 0.615 bits per heavy atom. The second-order valence-electron chi connectivity index (χ2n) is 9.45. The minimum Gasteiger partial charge on any atom is -0.489 e. The van der Waals surface area contributed by atoms with E-state index >= 15 is 0 Å². The summed E-state index contributed by atoms with van der Waals surface area (Å²) in [7, 11) is 0. The maximum atomic E-state index is 6.78. The van der Waals surface area contributed by atoms with E-state index in [1.165, 1.54) is 3.57 Å². The predicted molar refractivity (Wildman–Crippen MR) is 165 cm³/mol. The number of hydrogen-bond donors (Lipinski definition) is 0. The Bertz CT molecular complexity index is 1540. The van der Waals surface area contributed by atoms with Crippen LogP contribution in [0.2, 0.25) is 0 Å². The molecule has 1 atom stereocenters. The summed E-state index contributed by atoms with van der Waals surface area (Å²) in [6.45, 7) is 1.07. The van der Waals surface area contributed by atoms with Gasteiger partial charge in [-0.2, -0.15) is 0 Å². The zero-order valence-electron chi connectivity index (χ0n) is 21.3. The molecule has 0 bridgehead atoms. The Balaban J connectivity index is 1.24. The number of rotatable bonds is 9. The normalized spacial score (nSPS) is 15.8. The summed E-state index contributed by atoms with van der Waals surface area (Å²) in [6.07, 6.45) is 0.690. The van der Waals surface area contributed by atoms with Crippen molar-refractivity contribution in [2.45, 2.75) is 29.5 Å². The first kappa shape index (κ1) is 25.8. The fourth-order valence-electron chi connectivity index (χ4n) is 4.61. The molecular weight excluding hydrogens is 615 g/mol. The van der Waals surface area contributed by atoms with E-state index in [1.807, 2.05) is 54.6 Å². The van der Waals surface area contributed by atoms with Crippen LogP contribution in [0.3, 0.4) is 0 Å². The van der Waals surface area contributed by atoms with E-state index in [1.54, 1.807) is 11.8 Å². The molecular formula is C34H27IO3S. The molecule has 5 aromatic rings. The monoisotopic (exact) mass is 642 g/mol. The van der Waals surface area contributed by atoms with Crippen molar-refractivity contribution in [2.75, 3.05) is 0 Å². The zero-order chi connectivity index (χ0) is 26.5. The van der Waals surface area contributed by atoms with E-state index in [-0.39, 0.29) is 0 Å². The fraction of sp³-hybridized carbons (Fsp3) is 0.118. The summed E-state index contributed by atoms with van der Waals surface area (Å²) < 4.78 is 20.2. The topological polar surface area (TPSA) is 27.7 Å². The maximum Gasteiger partial charge on any atom is 0.188 e. The first-order chi connectivity index (χ1) is 19.1. The van der Waals surface area contributed by atoms with Gasteiger partial charge in [0.1, 0.15) is 30.5 Å². The van der Waals surface area contributed by atoms with Gasteiger partial charge in [0.15, 0.2) is 4.93 Å². The van der Waals surface area contributed by atoms with Crippen LogP contribution >= 0.6 is 34.4 Å². The van der Waals surface area contributed by atoms with Gasteiger partial charge in [-0.1, -0.05) is 96.7 Å². The fourth-order valence-corrected chi connectivity index (χ4v) is 6.33. The minimum atomic E-state index is -0.594. The summed E-state index contributed by atoms with van der Waals surface area (Å²) in [5.41, 5.74) is 4.57.